The number of nitrogens with zero attached hydrogens (tertiary/aromatic N) is 2. The van der Waals surface area contributed by atoms with Crippen molar-refractivity contribution >= 4 is 67.2 Å². The number of carbonyl (C=O) groups is 2. The third kappa shape index (κ3) is 4.97. The van der Waals surface area contributed by atoms with Gasteiger partial charge in [-0.1, -0.05) is 0 Å². The average Bonchev–Trinajstić information content (AvgIpc) is 3.82. The van der Waals surface area contributed by atoms with Crippen LogP contribution >= 0.6 is 22.7 Å². The van der Waals surface area contributed by atoms with Gasteiger partial charge in [0.05, 0.1) is 19.5 Å². The molecular weight excluding hydrogens is 641 g/mol. The molecule has 0 fully saturated rings. The van der Waals surface area contributed by atoms with Crippen LogP contribution < -0.4 is 0 Å². The van der Waals surface area contributed by atoms with E-state index in [-0.39, 0.29) is 32.7 Å². The summed E-state index contributed by atoms with van der Waals surface area (Å²) in [6.07, 6.45) is 0. The van der Waals surface area contributed by atoms with Crippen molar-refractivity contribution in [2.45, 2.75) is 0 Å². The monoisotopic (exact) mass is 654 g/mol. The average molecular weight is 655 g/mol. The van der Waals surface area contributed by atoms with Crippen LogP contribution in [0.3, 0.4) is 0 Å². The van der Waals surface area contributed by atoms with Crippen LogP contribution in [0.15, 0.2) is 93.8 Å². The molecule has 0 bridgehead atoms. The molecule has 0 radical (unpaired) electrons. The summed E-state index contributed by atoms with van der Waals surface area (Å²) in [6.45, 7) is 0. The lowest BCUT2D eigenvalue weighted by atomic mass is 10.1. The molecule has 6 nitrogen and oxygen atoms in total. The zero-order valence-electron chi connectivity index (χ0n) is 22.9. The number of hydrogen-bond acceptors (Lipinski definition) is 8. The highest BCUT2D eigenvalue weighted by molar-refractivity contribution is 7.17. The van der Waals surface area contributed by atoms with E-state index < -0.39 is 34.8 Å². The van der Waals surface area contributed by atoms with Gasteiger partial charge >= 0.3 is 0 Å². The lowest BCUT2D eigenvalue weighted by Gasteiger charge is -1.99. The Morgan fingerprint density at radius 1 is 0.522 bits per heavy atom. The van der Waals surface area contributed by atoms with E-state index in [1.54, 1.807) is 24.3 Å². The summed E-state index contributed by atoms with van der Waals surface area (Å²) in [5.41, 5.74) is 1.92. The first-order chi connectivity index (χ1) is 22.2. The first kappa shape index (κ1) is 28.0. The number of thiophene rings is 2. The van der Waals surface area contributed by atoms with E-state index in [2.05, 4.69) is 9.97 Å². The summed E-state index contributed by atoms with van der Waals surface area (Å²) in [5.74, 6) is -3.80. The maximum Gasteiger partial charge on any atom is 0.237 e. The predicted molar refractivity (Wildman–Crippen MR) is 165 cm³/mol. The number of ketones is 2. The fourth-order valence-corrected chi connectivity index (χ4v) is 6.90. The maximum absolute atomic E-state index is 13.6. The molecule has 46 heavy (non-hydrogen) atoms. The Kier molecular flexibility index (Phi) is 6.44. The number of fused-ring (bicyclic) bond motifs is 3. The molecule has 0 spiro atoms. The zero-order valence-corrected chi connectivity index (χ0v) is 24.6. The van der Waals surface area contributed by atoms with Gasteiger partial charge in [-0.25, -0.2) is 27.5 Å². The van der Waals surface area contributed by atoms with Crippen molar-refractivity contribution in [3.8, 4) is 21.5 Å². The highest BCUT2D eigenvalue weighted by Gasteiger charge is 2.20. The molecule has 224 valence electrons. The van der Waals surface area contributed by atoms with Gasteiger partial charge in [0.1, 0.15) is 34.3 Å². The Morgan fingerprint density at radius 3 is 1.30 bits per heavy atom. The minimum atomic E-state index is -0.835. The quantitative estimate of drug-likeness (QED) is 0.131. The summed E-state index contributed by atoms with van der Waals surface area (Å²) >= 11 is 2.19. The fraction of sp³-hybridized carbons (Fsp3) is 0. The third-order valence-corrected chi connectivity index (χ3v) is 9.33. The molecule has 4 heterocycles. The predicted octanol–water partition coefficient (Wildman–Crippen LogP) is 9.60. The van der Waals surface area contributed by atoms with Gasteiger partial charge in [-0.15, -0.1) is 22.7 Å². The molecule has 0 saturated carbocycles. The van der Waals surface area contributed by atoms with Crippen LogP contribution in [0.4, 0.5) is 17.6 Å². The normalized spacial score (nSPS) is 11.7. The van der Waals surface area contributed by atoms with Gasteiger partial charge in [0.15, 0.2) is 11.2 Å². The molecule has 0 N–H and O–H groups in total. The summed E-state index contributed by atoms with van der Waals surface area (Å²) < 4.78 is 66.5. The van der Waals surface area contributed by atoms with Crippen LogP contribution in [-0.2, 0) is 0 Å². The first-order valence-corrected chi connectivity index (χ1v) is 15.2. The van der Waals surface area contributed by atoms with Crippen molar-refractivity contribution in [2.75, 3.05) is 0 Å². The van der Waals surface area contributed by atoms with Crippen LogP contribution in [0, 0.1) is 23.3 Å². The van der Waals surface area contributed by atoms with Crippen LogP contribution in [0.1, 0.15) is 30.5 Å². The van der Waals surface area contributed by atoms with E-state index in [4.69, 9.17) is 8.83 Å². The molecular formula is C34H14F4N2O4S2. The molecule has 0 aliphatic carbocycles. The zero-order chi connectivity index (χ0) is 31.7. The second kappa shape index (κ2) is 10.6. The Balaban J connectivity index is 1.08. The fourth-order valence-electron chi connectivity index (χ4n) is 5.11. The van der Waals surface area contributed by atoms with E-state index in [1.807, 2.05) is 24.3 Å². The lowest BCUT2D eigenvalue weighted by Crippen LogP contribution is -2.00. The molecule has 4 aromatic carbocycles. The highest BCUT2D eigenvalue weighted by atomic mass is 32.1. The van der Waals surface area contributed by atoms with Crippen molar-refractivity contribution in [3.05, 3.63) is 129 Å². The standard InChI is InChI=1S/C34H14F4N2O4S2/c35-19-5-17(6-20(36)13-19)31(41)27-1-3-29(45-27)33-39-23-9-15-12-26-24(10-16(15)11-25(23)43-33)40-34(44-26)30-4-2-28(46-30)32(42)18-7-21(37)14-22(38)8-18/h1-14H. The maximum atomic E-state index is 13.6. The van der Waals surface area contributed by atoms with Crippen molar-refractivity contribution in [1.82, 2.24) is 9.97 Å². The second-order valence-corrected chi connectivity index (χ2v) is 12.5. The summed E-state index contributed by atoms with van der Waals surface area (Å²) in [7, 11) is 0. The largest absolute Gasteiger partial charge is 0.435 e. The summed E-state index contributed by atoms with van der Waals surface area (Å²) in [6, 6.07) is 19.1. The molecule has 0 amide bonds. The smallest absolute Gasteiger partial charge is 0.237 e. The number of hydrogen-bond donors (Lipinski definition) is 0. The van der Waals surface area contributed by atoms with Gasteiger partial charge in [0, 0.05) is 23.3 Å². The van der Waals surface area contributed by atoms with E-state index >= 15 is 0 Å². The van der Waals surface area contributed by atoms with Gasteiger partial charge in [-0.3, -0.25) is 9.59 Å². The van der Waals surface area contributed by atoms with E-state index in [1.165, 1.54) is 0 Å². The second-order valence-electron chi connectivity index (χ2n) is 10.3. The number of halogens is 4. The van der Waals surface area contributed by atoms with Crippen molar-refractivity contribution in [2.24, 2.45) is 0 Å². The number of rotatable bonds is 6. The molecule has 0 aliphatic heterocycles. The Morgan fingerprint density at radius 2 is 0.913 bits per heavy atom. The van der Waals surface area contributed by atoms with Crippen LogP contribution in [0.25, 0.3) is 54.5 Å². The molecule has 0 aliphatic rings. The van der Waals surface area contributed by atoms with Crippen LogP contribution in [0.2, 0.25) is 0 Å². The van der Waals surface area contributed by atoms with Crippen molar-refractivity contribution < 1.29 is 36.0 Å². The highest BCUT2D eigenvalue weighted by Crippen LogP contribution is 2.36. The Bertz CT molecular complexity index is 2260. The summed E-state index contributed by atoms with van der Waals surface area (Å²) in [5, 5.41) is 1.60. The van der Waals surface area contributed by atoms with Gasteiger partial charge in [-0.05, 0) is 83.6 Å². The minimum absolute atomic E-state index is 0.0932. The minimum Gasteiger partial charge on any atom is -0.435 e. The number of oxazole rings is 2. The Hall–Kier alpha value is -5.46. The van der Waals surface area contributed by atoms with E-state index in [0.717, 1.165) is 57.7 Å². The molecule has 0 atom stereocenters. The molecule has 4 aromatic heterocycles. The topological polar surface area (TPSA) is 86.2 Å². The number of carbonyl (C=O) groups excluding carboxylic acids is 2. The molecule has 0 unspecified atom stereocenters. The molecule has 8 aromatic rings. The Labute approximate surface area is 263 Å². The van der Waals surface area contributed by atoms with E-state index in [9.17, 15) is 27.2 Å². The SMILES string of the molecule is O=C(c1cc(F)cc(F)c1)c1ccc(-c2nc3cc4cc5oc(-c6ccc(C(=O)c7cc(F)cc(F)c7)s6)nc5cc4cc3o2)s1. The number of aromatic nitrogens is 2. The van der Waals surface area contributed by atoms with Gasteiger partial charge in [0.2, 0.25) is 23.3 Å². The van der Waals surface area contributed by atoms with Crippen molar-refractivity contribution in [1.29, 1.82) is 0 Å². The molecule has 12 heteroatoms. The van der Waals surface area contributed by atoms with Gasteiger partial charge < -0.3 is 8.83 Å². The lowest BCUT2D eigenvalue weighted by molar-refractivity contribution is 0.103. The molecule has 0 saturated heterocycles. The third-order valence-electron chi connectivity index (χ3n) is 7.18. The summed E-state index contributed by atoms with van der Waals surface area (Å²) in [4.78, 5) is 36.5. The number of benzene rings is 4. The van der Waals surface area contributed by atoms with Gasteiger partial charge in [0.25, 0.3) is 0 Å². The van der Waals surface area contributed by atoms with E-state index in [0.29, 0.717) is 44.1 Å². The first-order valence-electron chi connectivity index (χ1n) is 13.5. The molecule has 8 rings (SSSR count). The van der Waals surface area contributed by atoms with Crippen LogP contribution in [-0.4, -0.2) is 21.5 Å². The van der Waals surface area contributed by atoms with Crippen LogP contribution in [0.5, 0.6) is 0 Å². The van der Waals surface area contributed by atoms with Gasteiger partial charge in [-0.2, -0.15) is 0 Å². The van der Waals surface area contributed by atoms with Crippen molar-refractivity contribution in [3.63, 3.8) is 0 Å².